The van der Waals surface area contributed by atoms with Crippen molar-refractivity contribution in [2.45, 2.75) is 58.5 Å². The summed E-state index contributed by atoms with van der Waals surface area (Å²) in [6, 6.07) is -0.138. The molecule has 1 saturated heterocycles. The average molecular weight is 298 g/mol. The number of piperidine rings is 1. The van der Waals surface area contributed by atoms with Gasteiger partial charge in [-0.25, -0.2) is 4.79 Å². The van der Waals surface area contributed by atoms with Crippen molar-refractivity contribution in [2.75, 3.05) is 19.6 Å². The lowest BCUT2D eigenvalue weighted by atomic mass is 9.97. The Morgan fingerprint density at radius 3 is 2.62 bits per heavy atom. The van der Waals surface area contributed by atoms with Crippen LogP contribution >= 0.6 is 0 Å². The first kappa shape index (κ1) is 17.9. The number of imide groups is 1. The first-order valence-electron chi connectivity index (χ1n) is 7.97. The molecule has 0 saturated carbocycles. The average Bonchev–Trinajstić information content (AvgIpc) is 2.38. The summed E-state index contributed by atoms with van der Waals surface area (Å²) in [5, 5.41) is 5.09. The molecule has 4 N–H and O–H groups in total. The third-order valence-electron chi connectivity index (χ3n) is 3.88. The van der Waals surface area contributed by atoms with Crippen LogP contribution in [0.1, 0.15) is 46.5 Å². The number of carbonyl (C=O) groups excluding carboxylic acids is 2. The standard InChI is InChI=1S/C15H30N4O2/c1-11(2)7-8-17-15(21)18-14(20)10-19-9-5-4-6-13(19)12(3)16/h11-13H,4-10,16H2,1-3H3,(H2,17,18,20,21). The van der Waals surface area contributed by atoms with E-state index >= 15 is 0 Å². The van der Waals surface area contributed by atoms with Crippen LogP contribution in [-0.4, -0.2) is 48.6 Å². The quantitative estimate of drug-likeness (QED) is 0.684. The van der Waals surface area contributed by atoms with Crippen molar-refractivity contribution in [3.05, 3.63) is 0 Å². The first-order chi connectivity index (χ1) is 9.90. The van der Waals surface area contributed by atoms with E-state index in [4.69, 9.17) is 5.73 Å². The van der Waals surface area contributed by atoms with Crippen LogP contribution in [0.5, 0.6) is 0 Å². The zero-order chi connectivity index (χ0) is 15.8. The van der Waals surface area contributed by atoms with Crippen LogP contribution in [0, 0.1) is 5.92 Å². The summed E-state index contributed by atoms with van der Waals surface area (Å²) in [5.41, 5.74) is 5.98. The zero-order valence-corrected chi connectivity index (χ0v) is 13.5. The van der Waals surface area contributed by atoms with Gasteiger partial charge < -0.3 is 11.1 Å². The van der Waals surface area contributed by atoms with Gasteiger partial charge >= 0.3 is 6.03 Å². The number of nitrogens with one attached hydrogen (secondary N) is 2. The van der Waals surface area contributed by atoms with E-state index in [0.29, 0.717) is 12.5 Å². The summed E-state index contributed by atoms with van der Waals surface area (Å²) in [6.45, 7) is 7.85. The van der Waals surface area contributed by atoms with Crippen LogP contribution in [0.3, 0.4) is 0 Å². The minimum absolute atomic E-state index is 0.0398. The van der Waals surface area contributed by atoms with E-state index in [1.165, 1.54) is 0 Å². The van der Waals surface area contributed by atoms with Gasteiger partial charge in [0.15, 0.2) is 0 Å². The second kappa shape index (κ2) is 9.00. The Hall–Kier alpha value is -1.14. The Morgan fingerprint density at radius 2 is 2.00 bits per heavy atom. The van der Waals surface area contributed by atoms with Crippen LogP contribution in [0.4, 0.5) is 4.79 Å². The predicted octanol–water partition coefficient (Wildman–Crippen LogP) is 1.06. The number of amides is 3. The number of likely N-dealkylation sites (tertiary alicyclic amines) is 1. The van der Waals surface area contributed by atoms with E-state index in [0.717, 1.165) is 32.2 Å². The van der Waals surface area contributed by atoms with E-state index in [1.807, 2.05) is 6.92 Å². The van der Waals surface area contributed by atoms with Crippen molar-refractivity contribution in [1.82, 2.24) is 15.5 Å². The number of hydrogen-bond donors (Lipinski definition) is 3. The molecule has 1 fully saturated rings. The third kappa shape index (κ3) is 6.91. The van der Waals surface area contributed by atoms with Crippen molar-refractivity contribution in [1.29, 1.82) is 0 Å². The highest BCUT2D eigenvalue weighted by atomic mass is 16.2. The fraction of sp³-hybridized carbons (Fsp3) is 0.867. The van der Waals surface area contributed by atoms with E-state index in [2.05, 4.69) is 29.4 Å². The number of nitrogens with zero attached hydrogens (tertiary/aromatic N) is 1. The maximum atomic E-state index is 11.9. The molecule has 0 aliphatic carbocycles. The fourth-order valence-electron chi connectivity index (χ4n) is 2.68. The maximum absolute atomic E-state index is 11.9. The molecule has 0 radical (unpaired) electrons. The van der Waals surface area contributed by atoms with Crippen molar-refractivity contribution in [3.8, 4) is 0 Å². The lowest BCUT2D eigenvalue weighted by Gasteiger charge is -2.37. The number of carbonyl (C=O) groups is 2. The van der Waals surface area contributed by atoms with Gasteiger partial charge in [0.2, 0.25) is 5.91 Å². The molecular formula is C15H30N4O2. The molecule has 122 valence electrons. The second-order valence-corrected chi connectivity index (χ2v) is 6.38. The summed E-state index contributed by atoms with van der Waals surface area (Å²) in [7, 11) is 0. The lowest BCUT2D eigenvalue weighted by Crippen LogP contribution is -2.53. The largest absolute Gasteiger partial charge is 0.338 e. The number of rotatable bonds is 6. The van der Waals surface area contributed by atoms with Crippen LogP contribution in [0.2, 0.25) is 0 Å². The summed E-state index contributed by atoms with van der Waals surface area (Å²) in [5.74, 6) is 0.269. The minimum Gasteiger partial charge on any atom is -0.338 e. The van der Waals surface area contributed by atoms with Crippen molar-refractivity contribution in [2.24, 2.45) is 11.7 Å². The molecule has 2 unspecified atom stereocenters. The highest BCUT2D eigenvalue weighted by Gasteiger charge is 2.27. The van der Waals surface area contributed by atoms with Crippen molar-refractivity contribution in [3.63, 3.8) is 0 Å². The lowest BCUT2D eigenvalue weighted by molar-refractivity contribution is -0.122. The molecule has 6 nitrogen and oxygen atoms in total. The SMILES string of the molecule is CC(C)CCNC(=O)NC(=O)CN1CCCCC1C(C)N. The summed E-state index contributed by atoms with van der Waals surface area (Å²) in [6.07, 6.45) is 4.16. The van der Waals surface area contributed by atoms with Gasteiger partial charge in [-0.05, 0) is 38.6 Å². The van der Waals surface area contributed by atoms with Crippen molar-refractivity contribution < 1.29 is 9.59 Å². The minimum atomic E-state index is -0.407. The molecule has 1 aliphatic heterocycles. The van der Waals surface area contributed by atoms with Gasteiger partial charge in [-0.2, -0.15) is 0 Å². The van der Waals surface area contributed by atoms with E-state index < -0.39 is 6.03 Å². The van der Waals surface area contributed by atoms with Crippen LogP contribution in [0.25, 0.3) is 0 Å². The highest BCUT2D eigenvalue weighted by molar-refractivity contribution is 5.95. The Morgan fingerprint density at radius 1 is 1.29 bits per heavy atom. The normalized spacial score (nSPS) is 21.1. The third-order valence-corrected chi connectivity index (χ3v) is 3.88. The van der Waals surface area contributed by atoms with E-state index in [9.17, 15) is 9.59 Å². The van der Waals surface area contributed by atoms with Gasteiger partial charge in [0.05, 0.1) is 6.54 Å². The molecule has 1 rings (SSSR count). The molecule has 0 aromatic heterocycles. The number of nitrogens with two attached hydrogens (primary N) is 1. The van der Waals surface area contributed by atoms with Gasteiger partial charge in [-0.3, -0.25) is 15.0 Å². The smallest absolute Gasteiger partial charge is 0.321 e. The molecule has 21 heavy (non-hydrogen) atoms. The monoisotopic (exact) mass is 298 g/mol. The predicted molar refractivity (Wildman–Crippen MR) is 83.9 cm³/mol. The van der Waals surface area contributed by atoms with Crippen LogP contribution < -0.4 is 16.4 Å². The molecule has 3 amide bonds. The Labute approximate surface area is 127 Å². The van der Waals surface area contributed by atoms with Gasteiger partial charge in [0, 0.05) is 18.6 Å². The number of hydrogen-bond acceptors (Lipinski definition) is 4. The topological polar surface area (TPSA) is 87.5 Å². The first-order valence-corrected chi connectivity index (χ1v) is 7.97. The molecule has 0 spiro atoms. The molecule has 0 bridgehead atoms. The van der Waals surface area contributed by atoms with Gasteiger partial charge in [0.1, 0.15) is 0 Å². The van der Waals surface area contributed by atoms with E-state index in [-0.39, 0.29) is 24.5 Å². The zero-order valence-electron chi connectivity index (χ0n) is 13.5. The Balaban J connectivity index is 2.33. The molecule has 0 aromatic carbocycles. The summed E-state index contributed by atoms with van der Waals surface area (Å²) in [4.78, 5) is 25.6. The van der Waals surface area contributed by atoms with Gasteiger partial charge in [-0.15, -0.1) is 0 Å². The van der Waals surface area contributed by atoms with Crippen LogP contribution in [-0.2, 0) is 4.79 Å². The molecule has 6 heteroatoms. The fourth-order valence-corrected chi connectivity index (χ4v) is 2.68. The highest BCUT2D eigenvalue weighted by Crippen LogP contribution is 2.18. The molecule has 1 heterocycles. The van der Waals surface area contributed by atoms with Gasteiger partial charge in [0.25, 0.3) is 0 Å². The molecule has 1 aliphatic rings. The van der Waals surface area contributed by atoms with Gasteiger partial charge in [-0.1, -0.05) is 20.3 Å². The molecule has 2 atom stereocenters. The summed E-state index contributed by atoms with van der Waals surface area (Å²) >= 11 is 0. The molecular weight excluding hydrogens is 268 g/mol. The number of urea groups is 1. The van der Waals surface area contributed by atoms with Crippen molar-refractivity contribution >= 4 is 11.9 Å². The Kier molecular flexibility index (Phi) is 7.67. The Bertz CT molecular complexity index is 345. The van der Waals surface area contributed by atoms with Crippen LogP contribution in [0.15, 0.2) is 0 Å². The molecule has 0 aromatic rings. The second-order valence-electron chi connectivity index (χ2n) is 6.38. The maximum Gasteiger partial charge on any atom is 0.321 e. The van der Waals surface area contributed by atoms with E-state index in [1.54, 1.807) is 0 Å². The summed E-state index contributed by atoms with van der Waals surface area (Å²) < 4.78 is 0.